The number of ether oxygens (including phenoxy) is 1. The molecule has 0 spiro atoms. The Labute approximate surface area is 99.3 Å². The summed E-state index contributed by atoms with van der Waals surface area (Å²) in [5.74, 6) is 1.09. The molecule has 0 saturated carbocycles. The Morgan fingerprint density at radius 2 is 2.18 bits per heavy atom. The van der Waals surface area contributed by atoms with E-state index in [1.54, 1.807) is 23.0 Å². The lowest BCUT2D eigenvalue weighted by molar-refractivity contribution is 0.459. The molecule has 2 rings (SSSR count). The first-order chi connectivity index (χ1) is 8.19. The molecule has 5 heteroatoms. The lowest BCUT2D eigenvalue weighted by atomic mass is 10.3. The van der Waals surface area contributed by atoms with Gasteiger partial charge in [0.05, 0.1) is 18.0 Å². The van der Waals surface area contributed by atoms with E-state index in [9.17, 15) is 0 Å². The third-order valence-corrected chi connectivity index (χ3v) is 2.19. The van der Waals surface area contributed by atoms with Crippen LogP contribution in [-0.2, 0) is 0 Å². The van der Waals surface area contributed by atoms with Crippen molar-refractivity contribution in [3.05, 3.63) is 36.3 Å². The van der Waals surface area contributed by atoms with Crippen molar-refractivity contribution in [2.75, 3.05) is 0 Å². The van der Waals surface area contributed by atoms with E-state index < -0.39 is 0 Å². The number of aromatic nitrogens is 3. The average molecular weight is 228 g/mol. The molecule has 0 aromatic carbocycles. The molecule has 0 aliphatic carbocycles. The van der Waals surface area contributed by atoms with Crippen LogP contribution in [0.1, 0.15) is 25.5 Å². The standard InChI is InChI=1S/C12H12N4O/c1-9(2)16-8-11(7-15-16)17-12-4-3-10(5-13)6-14-12/h3-4,6-9H,1-2H3. The smallest absolute Gasteiger partial charge is 0.219 e. The first-order valence-corrected chi connectivity index (χ1v) is 5.27. The second-order valence-electron chi connectivity index (χ2n) is 3.85. The maximum absolute atomic E-state index is 8.64. The zero-order valence-corrected chi connectivity index (χ0v) is 9.66. The van der Waals surface area contributed by atoms with Crippen molar-refractivity contribution in [1.29, 1.82) is 5.26 Å². The van der Waals surface area contributed by atoms with E-state index in [1.807, 2.05) is 26.1 Å². The second-order valence-corrected chi connectivity index (χ2v) is 3.85. The lowest BCUT2D eigenvalue weighted by Crippen LogP contribution is -1.99. The number of hydrogen-bond acceptors (Lipinski definition) is 4. The quantitative estimate of drug-likeness (QED) is 0.809. The molecule has 0 amide bonds. The van der Waals surface area contributed by atoms with Crippen LogP contribution in [0, 0.1) is 11.3 Å². The van der Waals surface area contributed by atoms with Crippen LogP contribution in [0.15, 0.2) is 30.7 Å². The molecule has 2 aromatic heterocycles. The molecule has 0 saturated heterocycles. The van der Waals surface area contributed by atoms with Crippen LogP contribution in [0.4, 0.5) is 0 Å². The second kappa shape index (κ2) is 4.66. The van der Waals surface area contributed by atoms with Gasteiger partial charge in [0.2, 0.25) is 5.88 Å². The Morgan fingerprint density at radius 3 is 2.71 bits per heavy atom. The maximum Gasteiger partial charge on any atom is 0.219 e. The molecule has 0 aliphatic heterocycles. The minimum atomic E-state index is 0.293. The van der Waals surface area contributed by atoms with E-state index in [0.29, 0.717) is 23.2 Å². The van der Waals surface area contributed by atoms with Gasteiger partial charge in [-0.05, 0) is 19.9 Å². The Bertz CT molecular complexity index is 536. The van der Waals surface area contributed by atoms with Crippen molar-refractivity contribution in [2.45, 2.75) is 19.9 Å². The number of pyridine rings is 1. The first-order valence-electron chi connectivity index (χ1n) is 5.27. The van der Waals surface area contributed by atoms with Crippen LogP contribution >= 0.6 is 0 Å². The van der Waals surface area contributed by atoms with Crippen molar-refractivity contribution >= 4 is 0 Å². The molecule has 17 heavy (non-hydrogen) atoms. The Hall–Kier alpha value is -2.35. The van der Waals surface area contributed by atoms with Crippen LogP contribution in [-0.4, -0.2) is 14.8 Å². The third kappa shape index (κ3) is 2.61. The zero-order chi connectivity index (χ0) is 12.3. The Balaban J connectivity index is 2.11. The molecule has 0 radical (unpaired) electrons. The molecule has 2 heterocycles. The Kier molecular flexibility index (Phi) is 3.06. The molecule has 0 bridgehead atoms. The third-order valence-electron chi connectivity index (χ3n) is 2.19. The van der Waals surface area contributed by atoms with E-state index in [2.05, 4.69) is 10.1 Å². The van der Waals surface area contributed by atoms with Gasteiger partial charge in [-0.2, -0.15) is 10.4 Å². The minimum absolute atomic E-state index is 0.293. The molecule has 0 atom stereocenters. The number of rotatable bonds is 3. The van der Waals surface area contributed by atoms with Crippen LogP contribution in [0.3, 0.4) is 0 Å². The predicted molar refractivity (Wildman–Crippen MR) is 61.6 cm³/mol. The number of hydrogen-bond donors (Lipinski definition) is 0. The molecule has 0 fully saturated rings. The van der Waals surface area contributed by atoms with Gasteiger partial charge in [-0.3, -0.25) is 4.68 Å². The molecule has 0 N–H and O–H groups in total. The number of nitriles is 1. The van der Waals surface area contributed by atoms with E-state index in [-0.39, 0.29) is 0 Å². The van der Waals surface area contributed by atoms with Gasteiger partial charge >= 0.3 is 0 Å². The first kappa shape index (κ1) is 11.1. The van der Waals surface area contributed by atoms with Gasteiger partial charge in [-0.15, -0.1) is 0 Å². The van der Waals surface area contributed by atoms with Gasteiger partial charge in [0.1, 0.15) is 6.07 Å². The monoisotopic (exact) mass is 228 g/mol. The van der Waals surface area contributed by atoms with E-state index in [1.165, 1.54) is 6.20 Å². The topological polar surface area (TPSA) is 63.7 Å². The lowest BCUT2D eigenvalue weighted by Gasteiger charge is -2.03. The summed E-state index contributed by atoms with van der Waals surface area (Å²) in [4.78, 5) is 4.02. The highest BCUT2D eigenvalue weighted by molar-refractivity contribution is 5.30. The van der Waals surface area contributed by atoms with Gasteiger partial charge in [0.25, 0.3) is 0 Å². The highest BCUT2D eigenvalue weighted by Gasteiger charge is 2.04. The van der Waals surface area contributed by atoms with Crippen LogP contribution in [0.2, 0.25) is 0 Å². The SMILES string of the molecule is CC(C)n1cc(Oc2ccc(C#N)cn2)cn1. The molecule has 5 nitrogen and oxygen atoms in total. The molecule has 86 valence electrons. The van der Waals surface area contributed by atoms with E-state index >= 15 is 0 Å². The van der Waals surface area contributed by atoms with E-state index in [0.717, 1.165) is 0 Å². The van der Waals surface area contributed by atoms with Gasteiger partial charge in [-0.1, -0.05) is 0 Å². The fraction of sp³-hybridized carbons (Fsp3) is 0.250. The van der Waals surface area contributed by atoms with E-state index in [4.69, 9.17) is 10.00 Å². The minimum Gasteiger partial charge on any atom is -0.436 e. The Morgan fingerprint density at radius 1 is 1.35 bits per heavy atom. The van der Waals surface area contributed by atoms with Crippen molar-refractivity contribution in [3.63, 3.8) is 0 Å². The molecule has 0 unspecified atom stereocenters. The van der Waals surface area contributed by atoms with Gasteiger partial charge < -0.3 is 4.74 Å². The summed E-state index contributed by atoms with van der Waals surface area (Å²) in [5.41, 5.74) is 0.509. The average Bonchev–Trinajstić information content (AvgIpc) is 2.79. The summed E-state index contributed by atoms with van der Waals surface area (Å²) in [6, 6.07) is 5.62. The van der Waals surface area contributed by atoms with Gasteiger partial charge in [0.15, 0.2) is 5.75 Å². The fourth-order valence-electron chi connectivity index (χ4n) is 1.28. The van der Waals surface area contributed by atoms with Gasteiger partial charge in [0, 0.05) is 18.3 Å². The molecule has 0 aliphatic rings. The number of nitrogens with zero attached hydrogens (tertiary/aromatic N) is 4. The van der Waals surface area contributed by atoms with Gasteiger partial charge in [-0.25, -0.2) is 4.98 Å². The summed E-state index contributed by atoms with van der Waals surface area (Å²) in [7, 11) is 0. The van der Waals surface area contributed by atoms with Crippen LogP contribution in [0.25, 0.3) is 0 Å². The highest BCUT2D eigenvalue weighted by atomic mass is 16.5. The molecular formula is C12H12N4O. The summed E-state index contributed by atoms with van der Waals surface area (Å²) >= 11 is 0. The fourth-order valence-corrected chi connectivity index (χ4v) is 1.28. The largest absolute Gasteiger partial charge is 0.436 e. The summed E-state index contributed by atoms with van der Waals surface area (Å²) in [5, 5.41) is 12.8. The van der Waals surface area contributed by atoms with Crippen LogP contribution in [0.5, 0.6) is 11.6 Å². The molecule has 2 aromatic rings. The zero-order valence-electron chi connectivity index (χ0n) is 9.66. The van der Waals surface area contributed by atoms with Crippen molar-refractivity contribution < 1.29 is 4.74 Å². The molecular weight excluding hydrogens is 216 g/mol. The summed E-state index contributed by atoms with van der Waals surface area (Å²) in [6.07, 6.45) is 4.92. The summed E-state index contributed by atoms with van der Waals surface area (Å²) < 4.78 is 7.31. The van der Waals surface area contributed by atoms with Crippen LogP contribution < -0.4 is 4.74 Å². The van der Waals surface area contributed by atoms with Crippen molar-refractivity contribution in [1.82, 2.24) is 14.8 Å². The highest BCUT2D eigenvalue weighted by Crippen LogP contribution is 2.19. The predicted octanol–water partition coefficient (Wildman–Crippen LogP) is 2.52. The maximum atomic E-state index is 8.64. The summed E-state index contributed by atoms with van der Waals surface area (Å²) in [6.45, 7) is 4.08. The van der Waals surface area contributed by atoms with Crippen molar-refractivity contribution in [2.24, 2.45) is 0 Å². The normalized spacial score (nSPS) is 10.2. The van der Waals surface area contributed by atoms with Crippen molar-refractivity contribution in [3.8, 4) is 17.7 Å².